The molecule has 0 spiro atoms. The molecular formula is C21H25ClO6. The zero-order chi connectivity index (χ0) is 31.0. The van der Waals surface area contributed by atoms with Crippen molar-refractivity contribution >= 4 is 11.6 Å². The molecule has 28 heavy (non-hydrogen) atoms. The SMILES string of the molecule is [2H]c1c([2H])c([C@]2([2H])O[C@]([2H])(CO)[C@@]([2H])(O)[C@]([2H])(O)[C@@]2([2H])O)c([2H])c(Cc2c([2H])c([2H])c(OCC)c([2H])c2[2H])c1Cl. The van der Waals surface area contributed by atoms with Crippen molar-refractivity contribution in [3.05, 3.63) is 64.0 Å². The molecule has 3 rings (SSSR count). The Labute approximate surface area is 185 Å². The molecule has 1 aliphatic heterocycles. The van der Waals surface area contributed by atoms with Gasteiger partial charge in [-0.25, -0.2) is 0 Å². The van der Waals surface area contributed by atoms with Crippen LogP contribution in [-0.4, -0.2) is 58.0 Å². The van der Waals surface area contributed by atoms with Gasteiger partial charge in [-0.3, -0.25) is 0 Å². The maximum Gasteiger partial charge on any atom is 0.119 e. The molecule has 2 aromatic rings. The second-order valence-electron chi connectivity index (χ2n) is 5.52. The molecule has 0 saturated carbocycles. The smallest absolute Gasteiger partial charge is 0.119 e. The van der Waals surface area contributed by atoms with Gasteiger partial charge in [-0.05, 0) is 48.2 Å². The minimum absolute atomic E-state index is 0.0257. The van der Waals surface area contributed by atoms with Crippen LogP contribution in [0.4, 0.5) is 0 Å². The van der Waals surface area contributed by atoms with Gasteiger partial charge in [0.1, 0.15) is 36.1 Å². The quantitative estimate of drug-likeness (QED) is 0.569. The lowest BCUT2D eigenvalue weighted by atomic mass is 9.90. The van der Waals surface area contributed by atoms with Gasteiger partial charge in [0.15, 0.2) is 0 Å². The molecule has 0 bridgehead atoms. The molecule has 0 aromatic heterocycles. The molecule has 1 heterocycles. The van der Waals surface area contributed by atoms with E-state index >= 15 is 0 Å². The summed E-state index contributed by atoms with van der Waals surface area (Å²) >= 11 is 6.22. The van der Waals surface area contributed by atoms with E-state index in [0.717, 1.165) is 0 Å². The van der Waals surface area contributed by atoms with Crippen molar-refractivity contribution in [2.24, 2.45) is 0 Å². The second-order valence-corrected chi connectivity index (χ2v) is 5.90. The van der Waals surface area contributed by atoms with Gasteiger partial charge >= 0.3 is 0 Å². The highest BCUT2D eigenvalue weighted by molar-refractivity contribution is 6.31. The number of aliphatic hydroxyl groups is 4. The van der Waals surface area contributed by atoms with E-state index in [1.807, 2.05) is 0 Å². The summed E-state index contributed by atoms with van der Waals surface area (Å²) in [4.78, 5) is 0. The van der Waals surface area contributed by atoms with E-state index in [9.17, 15) is 20.4 Å². The number of aliphatic hydroxyl groups excluding tert-OH is 1. The van der Waals surface area contributed by atoms with Crippen LogP contribution < -0.4 is 4.74 Å². The lowest BCUT2D eigenvalue weighted by Crippen LogP contribution is -2.55. The molecule has 0 radical (unpaired) electrons. The van der Waals surface area contributed by atoms with Crippen LogP contribution in [0.25, 0.3) is 0 Å². The summed E-state index contributed by atoms with van der Waals surface area (Å²) in [7, 11) is 0. The Hall–Kier alpha value is -1.67. The predicted molar refractivity (Wildman–Crippen MR) is 105 cm³/mol. The topological polar surface area (TPSA) is 99.4 Å². The molecule has 0 aliphatic carbocycles. The first-order chi connectivity index (χ1) is 18.1. The van der Waals surface area contributed by atoms with Crippen LogP contribution in [0.1, 0.15) is 46.1 Å². The summed E-state index contributed by atoms with van der Waals surface area (Å²) in [5.74, 6) is -0.352. The lowest BCUT2D eigenvalue weighted by Gasteiger charge is -2.40. The Morgan fingerprint density at radius 2 is 1.82 bits per heavy atom. The molecule has 152 valence electrons. The van der Waals surface area contributed by atoms with Gasteiger partial charge in [0.05, 0.1) is 29.7 Å². The van der Waals surface area contributed by atoms with Crippen molar-refractivity contribution in [2.75, 3.05) is 13.2 Å². The minimum Gasteiger partial charge on any atom is -0.494 e. The van der Waals surface area contributed by atoms with Crippen LogP contribution in [0.15, 0.2) is 42.3 Å². The summed E-state index contributed by atoms with van der Waals surface area (Å²) in [6.07, 6.45) is -20.3. The maximum absolute atomic E-state index is 10.9. The zero-order valence-corrected chi connectivity index (χ0v) is 15.4. The zero-order valence-electron chi connectivity index (χ0n) is 26.6. The highest BCUT2D eigenvalue weighted by atomic mass is 35.5. The van der Waals surface area contributed by atoms with Gasteiger partial charge in [0.25, 0.3) is 0 Å². The van der Waals surface area contributed by atoms with Crippen LogP contribution in [0.2, 0.25) is 5.02 Å². The van der Waals surface area contributed by atoms with Gasteiger partial charge in [-0.1, -0.05) is 35.8 Å². The normalized spacial score (nSPS) is 46.8. The molecule has 1 fully saturated rings. The maximum atomic E-state index is 10.9. The fourth-order valence-electron chi connectivity index (χ4n) is 2.32. The minimum atomic E-state index is -4.19. The third-order valence-electron chi connectivity index (χ3n) is 3.66. The summed E-state index contributed by atoms with van der Waals surface area (Å²) in [6.45, 7) is -0.0853. The first-order valence-electron chi connectivity index (χ1n) is 14.1. The summed E-state index contributed by atoms with van der Waals surface area (Å²) in [5.41, 5.74) is -2.11. The molecule has 6 nitrogen and oxygen atoms in total. The Bertz CT molecular complexity index is 1340. The van der Waals surface area contributed by atoms with Gasteiger partial charge in [-0.15, -0.1) is 0 Å². The van der Waals surface area contributed by atoms with Crippen LogP contribution in [-0.2, 0) is 11.2 Å². The van der Waals surface area contributed by atoms with E-state index in [0.29, 0.717) is 0 Å². The number of rotatable bonds is 6. The average Bonchev–Trinajstić information content (AvgIpc) is 2.87. The Kier molecular flexibility index (Phi) is 3.42. The third kappa shape index (κ3) is 4.49. The molecule has 5 atom stereocenters. The molecule has 1 aliphatic rings. The Balaban J connectivity index is 2.37. The summed E-state index contributed by atoms with van der Waals surface area (Å²) in [5, 5.41) is 40.8. The first kappa shape index (κ1) is 10.4. The largest absolute Gasteiger partial charge is 0.494 e. The predicted octanol–water partition coefficient (Wildman–Crippen LogP) is 1.84. The van der Waals surface area contributed by atoms with Gasteiger partial charge in [0, 0.05) is 5.02 Å². The molecule has 2 aromatic carbocycles. The summed E-state index contributed by atoms with van der Waals surface area (Å²) < 4.78 is 109. The summed E-state index contributed by atoms with van der Waals surface area (Å²) in [6, 6.07) is -5.53. The van der Waals surface area contributed by atoms with E-state index in [-0.39, 0.29) is 17.9 Å². The highest BCUT2D eigenvalue weighted by Gasteiger charge is 2.43. The lowest BCUT2D eigenvalue weighted by molar-refractivity contribution is -0.231. The highest BCUT2D eigenvalue weighted by Crippen LogP contribution is 2.34. The molecule has 0 amide bonds. The van der Waals surface area contributed by atoms with E-state index in [1.165, 1.54) is 0 Å². The molecular weight excluding hydrogens is 384 g/mol. The fourth-order valence-corrected chi connectivity index (χ4v) is 2.48. The Morgan fingerprint density at radius 1 is 1.11 bits per heavy atom. The first-order valence-corrected chi connectivity index (χ1v) is 8.47. The molecule has 1 saturated heterocycles. The van der Waals surface area contributed by atoms with Gasteiger partial charge in [0.2, 0.25) is 0 Å². The second kappa shape index (κ2) is 9.22. The van der Waals surface area contributed by atoms with E-state index in [1.54, 1.807) is 6.92 Å². The third-order valence-corrected chi connectivity index (χ3v) is 3.98. The molecule has 4 N–H and O–H groups in total. The van der Waals surface area contributed by atoms with Crippen molar-refractivity contribution in [2.45, 2.75) is 43.7 Å². The number of hydrogen-bond donors (Lipinski definition) is 4. The van der Waals surface area contributed by atoms with E-state index in [4.69, 9.17) is 37.5 Å². The Morgan fingerprint density at radius 3 is 2.46 bits per heavy atom. The van der Waals surface area contributed by atoms with Crippen LogP contribution in [0, 0.1) is 0 Å². The molecule has 7 heteroatoms. The number of halogens is 1. The number of benzene rings is 2. The average molecular weight is 421 g/mol. The van der Waals surface area contributed by atoms with Crippen molar-refractivity contribution in [1.82, 2.24) is 0 Å². The van der Waals surface area contributed by atoms with Gasteiger partial charge < -0.3 is 29.9 Å². The van der Waals surface area contributed by atoms with Crippen molar-refractivity contribution in [1.29, 1.82) is 0 Å². The van der Waals surface area contributed by atoms with Crippen molar-refractivity contribution < 1.29 is 46.3 Å². The van der Waals surface area contributed by atoms with Crippen molar-refractivity contribution in [3.8, 4) is 5.75 Å². The van der Waals surface area contributed by atoms with E-state index in [2.05, 4.69) is 0 Å². The fraction of sp³-hybridized carbons (Fsp3) is 0.429. The van der Waals surface area contributed by atoms with E-state index < -0.39 is 102 Å². The van der Waals surface area contributed by atoms with Crippen LogP contribution in [0.5, 0.6) is 5.75 Å². The standard InChI is InChI=1S/C21H25ClO6/c1-2-27-15-6-3-12(4-7-15)9-14-10-13(5-8-16(14)22)21-20(26)19(25)18(24)17(11-23)28-21/h3-8,10,17-21,23-26H,2,9,11H2,1H3/t17-,18-,19+,20-,21+/m1/s1/i3D,4D,5D,6D,7D,8D,10D,17D,18D,19D,20D,21D. The van der Waals surface area contributed by atoms with Crippen molar-refractivity contribution in [3.63, 3.8) is 0 Å². The number of ether oxygens (including phenoxy) is 2. The monoisotopic (exact) mass is 420 g/mol. The van der Waals surface area contributed by atoms with Crippen LogP contribution in [0.3, 0.4) is 0 Å². The van der Waals surface area contributed by atoms with Crippen LogP contribution >= 0.6 is 11.6 Å². The van der Waals surface area contributed by atoms with Gasteiger partial charge in [-0.2, -0.15) is 0 Å². The number of hydrogen-bond acceptors (Lipinski definition) is 6. The molecule has 0 unspecified atom stereocenters.